The van der Waals surface area contributed by atoms with Crippen LogP contribution in [0, 0.1) is 13.8 Å². The molecule has 0 aliphatic carbocycles. The molecular weight excluding hydrogens is 262 g/mol. The van der Waals surface area contributed by atoms with Gasteiger partial charge in [0, 0.05) is 18.6 Å². The Labute approximate surface area is 128 Å². The molecule has 1 aromatic rings. The quantitative estimate of drug-likeness (QED) is 0.903. The number of piperidine rings is 1. The number of para-hydroxylation sites is 1. The number of ether oxygens (including phenoxy) is 1. The van der Waals surface area contributed by atoms with Crippen LogP contribution in [0.4, 0.5) is 0 Å². The van der Waals surface area contributed by atoms with Crippen LogP contribution in [0.25, 0.3) is 0 Å². The zero-order valence-electron chi connectivity index (χ0n) is 13.8. The Morgan fingerprint density at radius 2 is 1.76 bits per heavy atom. The lowest BCUT2D eigenvalue weighted by molar-refractivity contribution is 0.0206. The number of hydrogen-bond donors (Lipinski definition) is 1. The van der Waals surface area contributed by atoms with E-state index in [4.69, 9.17) is 4.74 Å². The Morgan fingerprint density at radius 1 is 1.19 bits per heavy atom. The fourth-order valence-electron chi connectivity index (χ4n) is 3.34. The Kier molecular flexibility index (Phi) is 5.65. The van der Waals surface area contributed by atoms with Crippen LogP contribution in [0.5, 0.6) is 5.75 Å². The Bertz CT molecular complexity index is 430. The maximum Gasteiger partial charge on any atom is 0.125 e. The second kappa shape index (κ2) is 7.28. The Balaban J connectivity index is 1.88. The van der Waals surface area contributed by atoms with Crippen molar-refractivity contribution < 1.29 is 9.84 Å². The number of nitrogens with zero attached hydrogens (tertiary/aromatic N) is 1. The highest BCUT2D eigenvalue weighted by molar-refractivity contribution is 5.39. The topological polar surface area (TPSA) is 32.7 Å². The van der Waals surface area contributed by atoms with E-state index in [1.165, 1.54) is 19.3 Å². The Morgan fingerprint density at radius 3 is 2.33 bits per heavy atom. The summed E-state index contributed by atoms with van der Waals surface area (Å²) in [4.78, 5) is 2.42. The zero-order chi connectivity index (χ0) is 15.4. The molecule has 118 valence electrons. The molecule has 0 unspecified atom stereocenters. The average molecular weight is 291 g/mol. The van der Waals surface area contributed by atoms with E-state index in [0.717, 1.165) is 16.9 Å². The number of β-amino-alcohol motifs (C(OH)–C–C–N with tert-alkyl or cyclic N) is 1. The van der Waals surface area contributed by atoms with E-state index >= 15 is 0 Å². The molecule has 0 spiro atoms. The fourth-order valence-corrected chi connectivity index (χ4v) is 3.34. The van der Waals surface area contributed by atoms with Crippen molar-refractivity contribution in [1.82, 2.24) is 4.90 Å². The van der Waals surface area contributed by atoms with Crippen LogP contribution < -0.4 is 4.74 Å². The third-order valence-corrected chi connectivity index (χ3v) is 4.63. The molecule has 1 aliphatic rings. The first-order valence-electron chi connectivity index (χ1n) is 8.12. The average Bonchev–Trinajstić information content (AvgIpc) is 2.42. The third-order valence-electron chi connectivity index (χ3n) is 4.63. The highest BCUT2D eigenvalue weighted by atomic mass is 16.5. The molecule has 0 amide bonds. The van der Waals surface area contributed by atoms with Crippen LogP contribution in [0.2, 0.25) is 0 Å². The molecule has 1 saturated heterocycles. The minimum Gasteiger partial charge on any atom is -0.490 e. The summed E-state index contributed by atoms with van der Waals surface area (Å²) in [5.74, 6) is 0.913. The highest BCUT2D eigenvalue weighted by Gasteiger charge is 2.26. The van der Waals surface area contributed by atoms with Crippen molar-refractivity contribution in [1.29, 1.82) is 0 Å². The SMILES string of the molecule is Cc1cccc(C)c1OC[C@H](O)CN1[C@H](C)CCC[C@@H]1C. The fraction of sp³-hybridized carbons (Fsp3) is 0.667. The van der Waals surface area contributed by atoms with Crippen molar-refractivity contribution in [2.45, 2.75) is 65.1 Å². The minimum absolute atomic E-state index is 0.363. The van der Waals surface area contributed by atoms with Gasteiger partial charge in [0.15, 0.2) is 0 Å². The number of aliphatic hydroxyl groups excluding tert-OH is 1. The summed E-state index contributed by atoms with van der Waals surface area (Å²) in [7, 11) is 0. The standard InChI is InChI=1S/C18H29NO2/c1-13-7-5-8-14(2)18(13)21-12-17(20)11-19-15(3)9-6-10-16(19)4/h5,7-8,15-17,20H,6,9-12H2,1-4H3/t15-,16+,17-/m1/s1. The molecule has 0 aromatic heterocycles. The van der Waals surface area contributed by atoms with E-state index in [1.54, 1.807) is 0 Å². The third kappa shape index (κ3) is 4.21. The zero-order valence-corrected chi connectivity index (χ0v) is 13.8. The smallest absolute Gasteiger partial charge is 0.125 e. The van der Waals surface area contributed by atoms with Crippen molar-refractivity contribution in [2.75, 3.05) is 13.2 Å². The molecular formula is C18H29NO2. The first-order valence-corrected chi connectivity index (χ1v) is 8.12. The summed E-state index contributed by atoms with van der Waals surface area (Å²) in [6.07, 6.45) is 3.32. The maximum absolute atomic E-state index is 10.3. The van der Waals surface area contributed by atoms with Gasteiger partial charge in [-0.3, -0.25) is 4.90 Å². The predicted octanol–water partition coefficient (Wildman–Crippen LogP) is 3.31. The van der Waals surface area contributed by atoms with Crippen LogP contribution in [-0.2, 0) is 0 Å². The number of aliphatic hydroxyl groups is 1. The van der Waals surface area contributed by atoms with Gasteiger partial charge in [-0.05, 0) is 51.7 Å². The van der Waals surface area contributed by atoms with Crippen LogP contribution in [0.1, 0.15) is 44.2 Å². The van der Waals surface area contributed by atoms with Crippen LogP contribution in [0.15, 0.2) is 18.2 Å². The normalized spacial score (nSPS) is 24.8. The molecule has 1 heterocycles. The van der Waals surface area contributed by atoms with E-state index < -0.39 is 6.10 Å². The Hall–Kier alpha value is -1.06. The number of benzene rings is 1. The summed E-state index contributed by atoms with van der Waals surface area (Å²) >= 11 is 0. The van der Waals surface area contributed by atoms with Crippen LogP contribution in [0.3, 0.4) is 0 Å². The van der Waals surface area contributed by atoms with Gasteiger partial charge in [-0.15, -0.1) is 0 Å². The molecule has 21 heavy (non-hydrogen) atoms. The second-order valence-electron chi connectivity index (χ2n) is 6.51. The monoisotopic (exact) mass is 291 g/mol. The van der Waals surface area contributed by atoms with Gasteiger partial charge in [0.1, 0.15) is 18.5 Å². The van der Waals surface area contributed by atoms with Gasteiger partial charge >= 0.3 is 0 Å². The van der Waals surface area contributed by atoms with Gasteiger partial charge in [-0.1, -0.05) is 24.6 Å². The summed E-state index contributed by atoms with van der Waals surface area (Å²) in [5, 5.41) is 10.3. The molecule has 2 rings (SSSR count). The molecule has 3 heteroatoms. The summed E-state index contributed by atoms with van der Waals surface area (Å²) in [6.45, 7) is 9.67. The van der Waals surface area contributed by atoms with E-state index in [9.17, 15) is 5.11 Å². The number of rotatable bonds is 5. The van der Waals surface area contributed by atoms with E-state index in [0.29, 0.717) is 25.2 Å². The van der Waals surface area contributed by atoms with Crippen LogP contribution >= 0.6 is 0 Å². The lowest BCUT2D eigenvalue weighted by atomic mass is 9.97. The molecule has 1 N–H and O–H groups in total. The minimum atomic E-state index is -0.438. The molecule has 0 bridgehead atoms. The molecule has 1 fully saturated rings. The van der Waals surface area contributed by atoms with E-state index in [2.05, 4.69) is 18.7 Å². The molecule has 3 atom stereocenters. The maximum atomic E-state index is 10.3. The molecule has 3 nitrogen and oxygen atoms in total. The number of likely N-dealkylation sites (tertiary alicyclic amines) is 1. The predicted molar refractivity (Wildman–Crippen MR) is 86.9 cm³/mol. The molecule has 1 aromatic carbocycles. The number of hydrogen-bond acceptors (Lipinski definition) is 3. The molecule has 0 radical (unpaired) electrons. The largest absolute Gasteiger partial charge is 0.490 e. The van der Waals surface area contributed by atoms with Gasteiger partial charge in [0.05, 0.1) is 0 Å². The van der Waals surface area contributed by atoms with Gasteiger partial charge < -0.3 is 9.84 Å². The van der Waals surface area contributed by atoms with Crippen LogP contribution in [-0.4, -0.2) is 41.3 Å². The first kappa shape index (κ1) is 16.3. The van der Waals surface area contributed by atoms with Gasteiger partial charge in [0.25, 0.3) is 0 Å². The summed E-state index contributed by atoms with van der Waals surface area (Å²) in [5.41, 5.74) is 2.25. The van der Waals surface area contributed by atoms with E-state index in [-0.39, 0.29) is 0 Å². The first-order chi connectivity index (χ1) is 9.99. The molecule has 1 aliphatic heterocycles. The van der Waals surface area contributed by atoms with Crippen molar-refractivity contribution in [2.24, 2.45) is 0 Å². The number of aryl methyl sites for hydroxylation is 2. The molecule has 0 saturated carbocycles. The van der Waals surface area contributed by atoms with Gasteiger partial charge in [-0.25, -0.2) is 0 Å². The van der Waals surface area contributed by atoms with Gasteiger partial charge in [0.2, 0.25) is 0 Å². The second-order valence-corrected chi connectivity index (χ2v) is 6.51. The lowest BCUT2D eigenvalue weighted by Crippen LogP contribution is -2.48. The highest BCUT2D eigenvalue weighted by Crippen LogP contribution is 2.24. The van der Waals surface area contributed by atoms with Crippen molar-refractivity contribution in [3.05, 3.63) is 29.3 Å². The van der Waals surface area contributed by atoms with Crippen molar-refractivity contribution in [3.8, 4) is 5.75 Å². The van der Waals surface area contributed by atoms with Gasteiger partial charge in [-0.2, -0.15) is 0 Å². The summed E-state index contributed by atoms with van der Waals surface area (Å²) in [6, 6.07) is 7.24. The van der Waals surface area contributed by atoms with Crippen molar-refractivity contribution >= 4 is 0 Å². The van der Waals surface area contributed by atoms with E-state index in [1.807, 2.05) is 32.0 Å². The van der Waals surface area contributed by atoms with Crippen molar-refractivity contribution in [3.63, 3.8) is 0 Å². The summed E-state index contributed by atoms with van der Waals surface area (Å²) < 4.78 is 5.86. The lowest BCUT2D eigenvalue weighted by Gasteiger charge is -2.40.